The maximum absolute atomic E-state index is 12.6. The number of hydrogen-bond donors (Lipinski definition) is 0. The summed E-state index contributed by atoms with van der Waals surface area (Å²) < 4.78 is 6.49. The van der Waals surface area contributed by atoms with Crippen LogP contribution in [-0.2, 0) is 0 Å². The average molecular weight is 303 g/mol. The van der Waals surface area contributed by atoms with Crippen LogP contribution in [0.2, 0.25) is 0 Å². The molecule has 0 atom stereocenters. The van der Waals surface area contributed by atoms with E-state index >= 15 is 0 Å². The molecule has 1 aromatic carbocycles. The molecule has 0 saturated heterocycles. The second-order valence-corrected chi connectivity index (χ2v) is 6.54. The standard InChI is InChI=1S/C15H13NO2S2/c1-16(11-5-3-4-6-12(11)18-2)14(17)13-9-10-7-8-19-15(10)20-13/h3-9H,1-2H3. The lowest BCUT2D eigenvalue weighted by molar-refractivity contribution is 0.0996. The Balaban J connectivity index is 1.95. The first-order valence-corrected chi connectivity index (χ1v) is 7.78. The summed E-state index contributed by atoms with van der Waals surface area (Å²) in [6.07, 6.45) is 0. The third-order valence-electron chi connectivity index (χ3n) is 3.11. The van der Waals surface area contributed by atoms with Gasteiger partial charge in [-0.2, -0.15) is 0 Å². The highest BCUT2D eigenvalue weighted by molar-refractivity contribution is 7.38. The molecule has 0 aliphatic rings. The molecule has 0 bridgehead atoms. The second-order valence-electron chi connectivity index (χ2n) is 4.31. The van der Waals surface area contributed by atoms with Crippen molar-refractivity contribution < 1.29 is 9.53 Å². The SMILES string of the molecule is COc1ccccc1N(C)C(=O)c1cc2ccsc2s1. The van der Waals surface area contributed by atoms with E-state index < -0.39 is 0 Å². The Morgan fingerprint density at radius 1 is 1.25 bits per heavy atom. The lowest BCUT2D eigenvalue weighted by atomic mass is 10.2. The molecule has 1 amide bonds. The molecule has 0 aliphatic heterocycles. The van der Waals surface area contributed by atoms with Gasteiger partial charge in [0.25, 0.3) is 5.91 Å². The molecule has 0 radical (unpaired) electrons. The van der Waals surface area contributed by atoms with Crippen LogP contribution in [0.1, 0.15) is 9.67 Å². The Hall–Kier alpha value is -1.85. The van der Waals surface area contributed by atoms with Crippen LogP contribution in [0, 0.1) is 0 Å². The summed E-state index contributed by atoms with van der Waals surface area (Å²) in [5.41, 5.74) is 0.775. The zero-order chi connectivity index (χ0) is 14.1. The van der Waals surface area contributed by atoms with Crippen molar-refractivity contribution in [2.24, 2.45) is 0 Å². The largest absolute Gasteiger partial charge is 0.495 e. The number of para-hydroxylation sites is 2. The molecule has 0 unspecified atom stereocenters. The fourth-order valence-electron chi connectivity index (χ4n) is 2.05. The van der Waals surface area contributed by atoms with Crippen LogP contribution < -0.4 is 9.64 Å². The molecular weight excluding hydrogens is 290 g/mol. The Morgan fingerprint density at radius 2 is 2.05 bits per heavy atom. The summed E-state index contributed by atoms with van der Waals surface area (Å²) in [7, 11) is 3.38. The first kappa shape index (κ1) is 13.1. The summed E-state index contributed by atoms with van der Waals surface area (Å²) in [4.78, 5) is 14.9. The molecule has 3 aromatic rings. The van der Waals surface area contributed by atoms with Crippen molar-refractivity contribution in [3.8, 4) is 5.75 Å². The van der Waals surface area contributed by atoms with Crippen molar-refractivity contribution in [1.82, 2.24) is 0 Å². The number of amides is 1. The average Bonchev–Trinajstić information content (AvgIpc) is 3.06. The quantitative estimate of drug-likeness (QED) is 0.724. The van der Waals surface area contributed by atoms with Gasteiger partial charge in [0.05, 0.1) is 21.7 Å². The van der Waals surface area contributed by atoms with Crippen molar-refractivity contribution >= 4 is 43.7 Å². The Kier molecular flexibility index (Phi) is 3.46. The highest BCUT2D eigenvalue weighted by Gasteiger charge is 2.19. The minimum atomic E-state index is -0.0112. The van der Waals surface area contributed by atoms with Gasteiger partial charge in [0, 0.05) is 12.4 Å². The van der Waals surface area contributed by atoms with E-state index in [1.165, 1.54) is 15.4 Å². The number of anilines is 1. The van der Waals surface area contributed by atoms with Crippen LogP contribution in [0.4, 0.5) is 5.69 Å². The van der Waals surface area contributed by atoms with Crippen molar-refractivity contribution in [3.63, 3.8) is 0 Å². The number of ether oxygens (including phenoxy) is 1. The van der Waals surface area contributed by atoms with E-state index in [0.29, 0.717) is 5.75 Å². The van der Waals surface area contributed by atoms with Crippen LogP contribution >= 0.6 is 22.7 Å². The van der Waals surface area contributed by atoms with E-state index in [1.807, 2.05) is 41.8 Å². The topological polar surface area (TPSA) is 29.5 Å². The van der Waals surface area contributed by atoms with Crippen LogP contribution in [-0.4, -0.2) is 20.1 Å². The molecule has 2 heterocycles. The zero-order valence-corrected chi connectivity index (χ0v) is 12.8. The zero-order valence-electron chi connectivity index (χ0n) is 11.1. The van der Waals surface area contributed by atoms with Crippen LogP contribution in [0.25, 0.3) is 9.40 Å². The van der Waals surface area contributed by atoms with E-state index in [-0.39, 0.29) is 5.91 Å². The predicted octanol–water partition coefficient (Wildman–Crippen LogP) is 4.25. The minimum Gasteiger partial charge on any atom is -0.495 e. The van der Waals surface area contributed by atoms with E-state index in [0.717, 1.165) is 16.0 Å². The van der Waals surface area contributed by atoms with Gasteiger partial charge in [-0.1, -0.05) is 12.1 Å². The smallest absolute Gasteiger partial charge is 0.268 e. The van der Waals surface area contributed by atoms with E-state index in [4.69, 9.17) is 4.74 Å². The fourth-order valence-corrected chi connectivity index (χ4v) is 4.14. The molecule has 0 saturated carbocycles. The third-order valence-corrected chi connectivity index (χ3v) is 5.30. The van der Waals surface area contributed by atoms with Gasteiger partial charge in [-0.05, 0) is 29.6 Å². The van der Waals surface area contributed by atoms with Crippen LogP contribution in [0.5, 0.6) is 5.75 Å². The van der Waals surface area contributed by atoms with Crippen molar-refractivity contribution in [2.45, 2.75) is 0 Å². The monoisotopic (exact) mass is 303 g/mol. The number of methoxy groups -OCH3 is 1. The molecule has 0 spiro atoms. The summed E-state index contributed by atoms with van der Waals surface area (Å²) in [5, 5.41) is 3.18. The molecule has 0 N–H and O–H groups in total. The number of benzene rings is 1. The Bertz CT molecular complexity index is 731. The molecule has 0 fully saturated rings. The highest BCUT2D eigenvalue weighted by atomic mass is 32.2. The fraction of sp³-hybridized carbons (Fsp3) is 0.133. The van der Waals surface area contributed by atoms with E-state index in [2.05, 4.69) is 0 Å². The number of carbonyl (C=O) groups excluding carboxylic acids is 1. The second kappa shape index (κ2) is 5.26. The summed E-state index contributed by atoms with van der Waals surface area (Å²) in [5.74, 6) is 0.685. The summed E-state index contributed by atoms with van der Waals surface area (Å²) in [6, 6.07) is 11.5. The van der Waals surface area contributed by atoms with Crippen molar-refractivity contribution in [2.75, 3.05) is 19.1 Å². The molecule has 2 aromatic heterocycles. The molecule has 0 aliphatic carbocycles. The highest BCUT2D eigenvalue weighted by Crippen LogP contribution is 2.33. The third kappa shape index (κ3) is 2.19. The van der Waals surface area contributed by atoms with Crippen molar-refractivity contribution in [3.05, 3.63) is 46.7 Å². The van der Waals surface area contributed by atoms with Gasteiger partial charge in [-0.3, -0.25) is 4.79 Å². The molecular formula is C15H13NO2S2. The van der Waals surface area contributed by atoms with Gasteiger partial charge in [-0.15, -0.1) is 22.7 Å². The Labute approximate surface area is 125 Å². The van der Waals surface area contributed by atoms with Crippen molar-refractivity contribution in [1.29, 1.82) is 0 Å². The molecule has 20 heavy (non-hydrogen) atoms. The van der Waals surface area contributed by atoms with Gasteiger partial charge in [-0.25, -0.2) is 0 Å². The van der Waals surface area contributed by atoms with E-state index in [1.54, 1.807) is 30.4 Å². The van der Waals surface area contributed by atoms with Gasteiger partial charge in [0.15, 0.2) is 0 Å². The predicted molar refractivity (Wildman–Crippen MR) is 85.4 cm³/mol. The molecule has 102 valence electrons. The van der Waals surface area contributed by atoms with Crippen LogP contribution in [0.15, 0.2) is 41.8 Å². The molecule has 5 heteroatoms. The molecule has 3 nitrogen and oxygen atoms in total. The number of fused-ring (bicyclic) bond motifs is 1. The lowest BCUT2D eigenvalue weighted by Crippen LogP contribution is -2.25. The lowest BCUT2D eigenvalue weighted by Gasteiger charge is -2.19. The first-order chi connectivity index (χ1) is 9.70. The number of rotatable bonds is 3. The number of thiophene rings is 2. The number of nitrogens with zero attached hydrogens (tertiary/aromatic N) is 1. The maximum Gasteiger partial charge on any atom is 0.268 e. The Morgan fingerprint density at radius 3 is 2.80 bits per heavy atom. The maximum atomic E-state index is 12.6. The van der Waals surface area contributed by atoms with Gasteiger partial charge >= 0.3 is 0 Å². The number of hydrogen-bond acceptors (Lipinski definition) is 4. The van der Waals surface area contributed by atoms with E-state index in [9.17, 15) is 4.79 Å². The first-order valence-electron chi connectivity index (χ1n) is 6.09. The minimum absolute atomic E-state index is 0.0112. The summed E-state index contributed by atoms with van der Waals surface area (Å²) >= 11 is 3.20. The summed E-state index contributed by atoms with van der Waals surface area (Å²) in [6.45, 7) is 0. The number of carbonyl (C=O) groups is 1. The normalized spacial score (nSPS) is 10.7. The van der Waals surface area contributed by atoms with Gasteiger partial charge < -0.3 is 9.64 Å². The van der Waals surface area contributed by atoms with Crippen LogP contribution in [0.3, 0.4) is 0 Å². The molecule has 3 rings (SSSR count). The van der Waals surface area contributed by atoms with Gasteiger partial charge in [0.2, 0.25) is 0 Å². The van der Waals surface area contributed by atoms with Gasteiger partial charge in [0.1, 0.15) is 5.75 Å².